The Morgan fingerprint density at radius 1 is 0.340 bits per heavy atom. The molecule has 19 nitrogen and oxygen atoms in total. The molecule has 0 aromatic rings. The van der Waals surface area contributed by atoms with Crippen molar-refractivity contribution in [1.29, 1.82) is 0 Å². The highest BCUT2D eigenvalue weighted by molar-refractivity contribution is 5.76. The van der Waals surface area contributed by atoms with E-state index in [1.807, 2.05) is 6.08 Å². The van der Waals surface area contributed by atoms with Crippen molar-refractivity contribution < 1.29 is 89.4 Å². The van der Waals surface area contributed by atoms with Gasteiger partial charge in [0.25, 0.3) is 0 Å². The number of nitrogens with one attached hydrogen (secondary N) is 1. The van der Waals surface area contributed by atoms with E-state index in [-0.39, 0.29) is 18.9 Å². The number of aliphatic hydroxyl groups excluding tert-OH is 11. The summed E-state index contributed by atoms with van der Waals surface area (Å²) in [7, 11) is 0. The molecule has 17 unspecified atom stereocenters. The number of unbranched alkanes of at least 4 members (excludes halogenated alkanes) is 49. The lowest BCUT2D eigenvalue weighted by atomic mass is 9.96. The van der Waals surface area contributed by atoms with E-state index >= 15 is 0 Å². The molecule has 0 bridgehead atoms. The fourth-order valence-corrected chi connectivity index (χ4v) is 14.6. The summed E-state index contributed by atoms with van der Waals surface area (Å²) in [6.07, 6.45) is 54.4. The standard InChI is InChI=1S/C84H157NO18/c1-3-5-7-9-11-13-15-17-19-21-23-25-27-28-29-30-31-32-33-34-35-36-37-38-40-42-44-46-48-50-52-54-56-58-60-62-72(90)85-67(68(89)61-59-57-55-53-51-49-47-45-43-41-39-26-24-22-20-18-16-14-12-10-8-6-4-2)66-98-82-78(96)75(93)80(70(64-87)100-82)103-84-79(97)76(94)81(71(65-88)101-84)102-83-77(95)74(92)73(91)69(63-86)99-83/h21,23,51,53,59,61,67-71,73-84,86-89,91-97H,3-20,22,24-50,52,54-58,60,62-66H2,1-2H3,(H,85,90)/b23-21-,53-51+,61-59+. The maximum Gasteiger partial charge on any atom is 0.220 e. The number of hydrogen-bond donors (Lipinski definition) is 12. The van der Waals surface area contributed by atoms with Crippen LogP contribution in [0.3, 0.4) is 0 Å². The average molecular weight is 1470 g/mol. The molecule has 0 aromatic heterocycles. The minimum atomic E-state index is -1.98. The summed E-state index contributed by atoms with van der Waals surface area (Å²) in [6.45, 7) is 1.77. The van der Waals surface area contributed by atoms with Gasteiger partial charge in [-0.25, -0.2) is 0 Å². The number of hydrogen-bond acceptors (Lipinski definition) is 18. The topological polar surface area (TPSA) is 307 Å². The van der Waals surface area contributed by atoms with E-state index in [0.29, 0.717) is 12.8 Å². The van der Waals surface area contributed by atoms with E-state index in [1.165, 1.54) is 289 Å². The Bertz CT molecular complexity index is 2000. The first kappa shape index (κ1) is 95.2. The van der Waals surface area contributed by atoms with Gasteiger partial charge in [0.2, 0.25) is 5.91 Å². The van der Waals surface area contributed by atoms with Crippen molar-refractivity contribution in [3.05, 3.63) is 36.5 Å². The molecule has 0 radical (unpaired) electrons. The number of carbonyl (C=O) groups is 1. The Morgan fingerprint density at radius 2 is 0.621 bits per heavy atom. The molecule has 19 heteroatoms. The molecule has 3 aliphatic heterocycles. The van der Waals surface area contributed by atoms with Gasteiger partial charge in [0.1, 0.15) is 73.2 Å². The molecule has 3 heterocycles. The molecule has 0 spiro atoms. The predicted octanol–water partition coefficient (Wildman–Crippen LogP) is 15.1. The second-order valence-corrected chi connectivity index (χ2v) is 30.6. The molecule has 0 aromatic carbocycles. The van der Waals surface area contributed by atoms with Gasteiger partial charge in [-0.3, -0.25) is 4.79 Å². The molecular weight excluding hydrogens is 1310 g/mol. The zero-order chi connectivity index (χ0) is 74.6. The Labute approximate surface area is 625 Å². The summed E-state index contributed by atoms with van der Waals surface area (Å²) in [6, 6.07) is -0.990. The Kier molecular flexibility index (Phi) is 59.9. The van der Waals surface area contributed by atoms with Crippen molar-refractivity contribution in [2.24, 2.45) is 0 Å². The Balaban J connectivity index is 1.34. The minimum Gasteiger partial charge on any atom is -0.394 e. The third kappa shape index (κ3) is 44.5. The number of aliphatic hydroxyl groups is 11. The van der Waals surface area contributed by atoms with Crippen molar-refractivity contribution in [2.75, 3.05) is 26.4 Å². The maximum absolute atomic E-state index is 13.5. The van der Waals surface area contributed by atoms with Gasteiger partial charge in [-0.1, -0.05) is 333 Å². The van der Waals surface area contributed by atoms with Gasteiger partial charge >= 0.3 is 0 Å². The fraction of sp³-hybridized carbons (Fsp3) is 0.917. The quantitative estimate of drug-likeness (QED) is 0.0199. The van der Waals surface area contributed by atoms with Crippen molar-refractivity contribution >= 4 is 5.91 Å². The zero-order valence-electron chi connectivity index (χ0n) is 65.1. The van der Waals surface area contributed by atoms with Gasteiger partial charge in [-0.2, -0.15) is 0 Å². The van der Waals surface area contributed by atoms with Crippen molar-refractivity contribution in [1.82, 2.24) is 5.32 Å². The number of carbonyl (C=O) groups excluding carboxylic acids is 1. The number of rotatable bonds is 69. The van der Waals surface area contributed by atoms with E-state index in [9.17, 15) is 61.0 Å². The lowest BCUT2D eigenvalue weighted by molar-refractivity contribution is -0.379. The second-order valence-electron chi connectivity index (χ2n) is 30.6. The van der Waals surface area contributed by atoms with E-state index < -0.39 is 124 Å². The highest BCUT2D eigenvalue weighted by Gasteiger charge is 2.54. The summed E-state index contributed by atoms with van der Waals surface area (Å²) in [5, 5.41) is 121. The number of ether oxygens (including phenoxy) is 6. The van der Waals surface area contributed by atoms with Crippen LogP contribution >= 0.6 is 0 Å². The predicted molar refractivity (Wildman–Crippen MR) is 411 cm³/mol. The van der Waals surface area contributed by atoms with Crippen LogP contribution in [0.25, 0.3) is 0 Å². The van der Waals surface area contributed by atoms with Crippen LogP contribution < -0.4 is 5.32 Å². The van der Waals surface area contributed by atoms with E-state index in [4.69, 9.17) is 28.4 Å². The highest BCUT2D eigenvalue weighted by atomic mass is 16.8. The van der Waals surface area contributed by atoms with Gasteiger partial charge < -0.3 is 89.9 Å². The van der Waals surface area contributed by atoms with Gasteiger partial charge in [0, 0.05) is 6.42 Å². The van der Waals surface area contributed by atoms with Crippen LogP contribution in [0.15, 0.2) is 36.5 Å². The second kappa shape index (κ2) is 64.8. The summed E-state index contributed by atoms with van der Waals surface area (Å²) < 4.78 is 34.5. The molecule has 17 atom stereocenters. The van der Waals surface area contributed by atoms with E-state index in [1.54, 1.807) is 6.08 Å². The minimum absolute atomic E-state index is 0.240. The molecule has 3 fully saturated rings. The molecule has 1 amide bonds. The summed E-state index contributed by atoms with van der Waals surface area (Å²) in [5.41, 5.74) is 0. The van der Waals surface area contributed by atoms with E-state index in [0.717, 1.165) is 38.5 Å². The lowest BCUT2D eigenvalue weighted by Gasteiger charge is -2.48. The van der Waals surface area contributed by atoms with Gasteiger partial charge in [-0.05, 0) is 57.8 Å². The SMILES string of the molecule is CCCCCCCCCC/C=C\CCCCCCCCCCCCCCCCCCCCCCCCCC(=O)NC(COC1OC(CO)C(OC2OC(CO)C(OC3OC(CO)C(O)C(O)C3O)C(O)C2O)C(O)C1O)C(O)/C=C/CC/C=C/CCCCCCCCCCCCCCCCCCC. The fourth-order valence-electron chi connectivity index (χ4n) is 14.6. The smallest absolute Gasteiger partial charge is 0.220 e. The molecule has 3 saturated heterocycles. The summed E-state index contributed by atoms with van der Waals surface area (Å²) in [5.74, 6) is -0.278. The molecule has 0 aliphatic carbocycles. The molecule has 12 N–H and O–H groups in total. The van der Waals surface area contributed by atoms with Crippen molar-refractivity contribution in [2.45, 2.75) is 465 Å². The first-order valence-corrected chi connectivity index (χ1v) is 42.7. The molecular formula is C84H157NO18. The van der Waals surface area contributed by atoms with Gasteiger partial charge in [0.05, 0.1) is 38.6 Å². The van der Waals surface area contributed by atoms with E-state index in [2.05, 4.69) is 43.5 Å². The normalized spacial score (nSPS) is 26.2. The first-order chi connectivity index (χ1) is 50.3. The largest absolute Gasteiger partial charge is 0.394 e. The zero-order valence-corrected chi connectivity index (χ0v) is 65.1. The monoisotopic (exact) mass is 1470 g/mol. The molecule has 103 heavy (non-hydrogen) atoms. The van der Waals surface area contributed by atoms with Crippen molar-refractivity contribution in [3.63, 3.8) is 0 Å². The first-order valence-electron chi connectivity index (χ1n) is 42.7. The molecule has 3 aliphatic rings. The molecule has 0 saturated carbocycles. The average Bonchev–Trinajstić information content (AvgIpc) is 0.781. The third-order valence-electron chi connectivity index (χ3n) is 21.4. The third-order valence-corrected chi connectivity index (χ3v) is 21.4. The van der Waals surface area contributed by atoms with Crippen LogP contribution in [0.4, 0.5) is 0 Å². The summed E-state index contributed by atoms with van der Waals surface area (Å²) >= 11 is 0. The highest BCUT2D eigenvalue weighted by Crippen LogP contribution is 2.33. The Morgan fingerprint density at radius 3 is 0.971 bits per heavy atom. The van der Waals surface area contributed by atoms with Gasteiger partial charge in [0.15, 0.2) is 18.9 Å². The van der Waals surface area contributed by atoms with Crippen molar-refractivity contribution in [3.8, 4) is 0 Å². The number of amides is 1. The molecule has 3 rings (SSSR count). The van der Waals surface area contributed by atoms with Gasteiger partial charge in [-0.15, -0.1) is 0 Å². The maximum atomic E-state index is 13.5. The Hall–Kier alpha value is -1.99. The number of allylic oxidation sites excluding steroid dienone is 5. The lowest BCUT2D eigenvalue weighted by Crippen LogP contribution is -2.66. The van der Waals surface area contributed by atoms with Crippen LogP contribution in [0, 0.1) is 0 Å². The van der Waals surface area contributed by atoms with Crippen LogP contribution in [-0.4, -0.2) is 193 Å². The molecule has 606 valence electrons. The van der Waals surface area contributed by atoms with Crippen LogP contribution in [-0.2, 0) is 33.2 Å². The van der Waals surface area contributed by atoms with Crippen LogP contribution in [0.2, 0.25) is 0 Å². The van der Waals surface area contributed by atoms with Crippen LogP contribution in [0.1, 0.15) is 361 Å². The summed E-state index contributed by atoms with van der Waals surface area (Å²) in [4.78, 5) is 13.5. The van der Waals surface area contributed by atoms with Crippen LogP contribution in [0.5, 0.6) is 0 Å².